The summed E-state index contributed by atoms with van der Waals surface area (Å²) >= 11 is 0. The molecule has 3 aromatic carbocycles. The molecule has 1 heteroatoms. The standard InChI is InChI=1S/C30H26N/c1-4-30-14-13-20-16-24-22-7-5-6-8-25(22)29(2,3)26(24)17-23(20)28-12-10-21-15-19(18-30)9-11-27(21)31(28)30/h5-17H,4,18H2,1-3H3/q+1. The summed E-state index contributed by atoms with van der Waals surface area (Å²) in [6.07, 6.45) is 7.02. The molecule has 8 rings (SSSR count). The third-order valence-corrected chi connectivity index (χ3v) is 8.17. The Hall–Kier alpha value is -3.19. The Labute approximate surface area is 183 Å². The van der Waals surface area contributed by atoms with Crippen LogP contribution in [0.3, 0.4) is 0 Å². The van der Waals surface area contributed by atoms with Crippen molar-refractivity contribution in [2.75, 3.05) is 0 Å². The minimum absolute atomic E-state index is 0.0105. The molecule has 0 saturated heterocycles. The maximum absolute atomic E-state index is 2.64. The normalized spacial score (nSPS) is 21.0. The van der Waals surface area contributed by atoms with Crippen LogP contribution in [0.25, 0.3) is 39.4 Å². The van der Waals surface area contributed by atoms with Crippen LogP contribution in [0.15, 0.2) is 72.8 Å². The fraction of sp³-hybridized carbons (Fsp3) is 0.233. The van der Waals surface area contributed by atoms with Gasteiger partial charge in [0.05, 0.1) is 5.56 Å². The first kappa shape index (κ1) is 17.5. The van der Waals surface area contributed by atoms with Crippen molar-refractivity contribution in [1.29, 1.82) is 0 Å². The quantitative estimate of drug-likeness (QED) is 0.310. The van der Waals surface area contributed by atoms with Crippen molar-refractivity contribution in [1.82, 2.24) is 0 Å². The van der Waals surface area contributed by atoms with Crippen LogP contribution in [-0.2, 0) is 17.4 Å². The number of rotatable bonds is 1. The molecule has 0 saturated carbocycles. The van der Waals surface area contributed by atoms with Gasteiger partial charge >= 0.3 is 0 Å². The SMILES string of the molecule is CCC12C=Cc3cc4c(cc3-c3ccc5cc(ccc5[n+]31)C2)C(C)(C)c1ccccc1-4. The molecule has 1 unspecified atom stereocenters. The zero-order chi connectivity index (χ0) is 21.0. The van der Waals surface area contributed by atoms with Crippen LogP contribution >= 0.6 is 0 Å². The first-order valence-electron chi connectivity index (χ1n) is 11.5. The largest absolute Gasteiger partial charge is 0.214 e. The smallest absolute Gasteiger partial charge is 0.182 e. The lowest BCUT2D eigenvalue weighted by Crippen LogP contribution is -2.56. The first-order chi connectivity index (χ1) is 15.0. The van der Waals surface area contributed by atoms with Crippen molar-refractivity contribution in [2.45, 2.75) is 44.6 Å². The van der Waals surface area contributed by atoms with Crippen LogP contribution in [0.5, 0.6) is 0 Å². The van der Waals surface area contributed by atoms with Gasteiger partial charge in [-0.25, -0.2) is 0 Å². The third-order valence-electron chi connectivity index (χ3n) is 8.17. The highest BCUT2D eigenvalue weighted by Crippen LogP contribution is 2.51. The van der Waals surface area contributed by atoms with E-state index in [9.17, 15) is 0 Å². The van der Waals surface area contributed by atoms with Crippen LogP contribution in [0.2, 0.25) is 0 Å². The second-order valence-electron chi connectivity index (χ2n) is 10.1. The molecule has 1 aromatic heterocycles. The minimum atomic E-state index is -0.0105. The van der Waals surface area contributed by atoms with E-state index in [0.717, 1.165) is 12.8 Å². The molecule has 1 aliphatic carbocycles. The Morgan fingerprint density at radius 3 is 2.58 bits per heavy atom. The van der Waals surface area contributed by atoms with Crippen molar-refractivity contribution in [3.05, 3.63) is 95.1 Å². The molecule has 0 N–H and O–H groups in total. The highest BCUT2D eigenvalue weighted by molar-refractivity contribution is 5.88. The van der Waals surface area contributed by atoms with E-state index in [4.69, 9.17) is 0 Å². The zero-order valence-electron chi connectivity index (χ0n) is 18.4. The van der Waals surface area contributed by atoms with Crippen molar-refractivity contribution >= 4 is 17.0 Å². The van der Waals surface area contributed by atoms with Gasteiger partial charge in [-0.15, -0.1) is 0 Å². The van der Waals surface area contributed by atoms with Gasteiger partial charge in [0, 0.05) is 35.8 Å². The van der Waals surface area contributed by atoms with E-state index in [1.54, 1.807) is 0 Å². The summed E-state index contributed by atoms with van der Waals surface area (Å²) in [4.78, 5) is 0. The van der Waals surface area contributed by atoms with Crippen LogP contribution < -0.4 is 4.57 Å². The van der Waals surface area contributed by atoms with Gasteiger partial charge < -0.3 is 0 Å². The van der Waals surface area contributed by atoms with Crippen molar-refractivity contribution in [3.8, 4) is 22.4 Å². The molecule has 1 nitrogen and oxygen atoms in total. The molecule has 150 valence electrons. The number of hydrogen-bond donors (Lipinski definition) is 0. The Balaban J connectivity index is 1.60. The molecule has 1 atom stereocenters. The minimum Gasteiger partial charge on any atom is -0.182 e. The fourth-order valence-electron chi connectivity index (χ4n) is 6.45. The molecule has 4 bridgehead atoms. The van der Waals surface area contributed by atoms with Crippen molar-refractivity contribution in [2.24, 2.45) is 0 Å². The van der Waals surface area contributed by atoms with E-state index in [2.05, 4.69) is 104 Å². The lowest BCUT2D eigenvalue weighted by Gasteiger charge is -2.24. The Morgan fingerprint density at radius 2 is 1.71 bits per heavy atom. The van der Waals surface area contributed by atoms with E-state index >= 15 is 0 Å². The van der Waals surface area contributed by atoms with Gasteiger partial charge in [-0.1, -0.05) is 57.2 Å². The molecule has 3 aliphatic heterocycles. The van der Waals surface area contributed by atoms with Crippen LogP contribution in [0.4, 0.5) is 0 Å². The Bertz CT molecular complexity index is 1470. The molecule has 0 radical (unpaired) electrons. The summed E-state index contributed by atoms with van der Waals surface area (Å²) in [7, 11) is 0. The molecule has 0 fully saturated rings. The third kappa shape index (κ3) is 2.05. The van der Waals surface area contributed by atoms with E-state index in [1.165, 1.54) is 55.5 Å². The number of hydrogen-bond acceptors (Lipinski definition) is 0. The second-order valence-corrected chi connectivity index (χ2v) is 10.1. The molecule has 0 amide bonds. The topological polar surface area (TPSA) is 3.88 Å². The predicted molar refractivity (Wildman–Crippen MR) is 128 cm³/mol. The van der Waals surface area contributed by atoms with Gasteiger partial charge in [-0.3, -0.25) is 0 Å². The second kappa shape index (κ2) is 5.53. The van der Waals surface area contributed by atoms with Gasteiger partial charge in [0.15, 0.2) is 5.54 Å². The summed E-state index contributed by atoms with van der Waals surface area (Å²) in [5, 5.41) is 1.35. The van der Waals surface area contributed by atoms with Gasteiger partial charge in [0.25, 0.3) is 0 Å². The molecule has 4 aliphatic rings. The summed E-state index contributed by atoms with van der Waals surface area (Å²) in [5.41, 5.74) is 12.5. The summed E-state index contributed by atoms with van der Waals surface area (Å²) in [5.74, 6) is 0. The molecule has 0 spiro atoms. The highest BCUT2D eigenvalue weighted by Gasteiger charge is 2.44. The van der Waals surface area contributed by atoms with Crippen LogP contribution in [-0.4, -0.2) is 0 Å². The van der Waals surface area contributed by atoms with Crippen LogP contribution in [0, 0.1) is 0 Å². The Morgan fingerprint density at radius 1 is 0.839 bits per heavy atom. The molecule has 4 aromatic rings. The maximum atomic E-state index is 2.64. The van der Waals surface area contributed by atoms with Gasteiger partial charge in [0.2, 0.25) is 11.2 Å². The van der Waals surface area contributed by atoms with E-state index < -0.39 is 0 Å². The van der Waals surface area contributed by atoms with Gasteiger partial charge in [-0.05, 0) is 63.7 Å². The van der Waals surface area contributed by atoms with E-state index in [0.29, 0.717) is 0 Å². The first-order valence-corrected chi connectivity index (χ1v) is 11.5. The van der Waals surface area contributed by atoms with Crippen molar-refractivity contribution in [3.63, 3.8) is 0 Å². The van der Waals surface area contributed by atoms with Crippen LogP contribution in [0.1, 0.15) is 49.4 Å². The van der Waals surface area contributed by atoms with E-state index in [1.807, 2.05) is 0 Å². The summed E-state index contributed by atoms with van der Waals surface area (Å²) in [6, 6.07) is 25.6. The predicted octanol–water partition coefficient (Wildman–Crippen LogP) is 6.79. The number of allylic oxidation sites excluding steroid dienone is 1. The molecule has 31 heavy (non-hydrogen) atoms. The monoisotopic (exact) mass is 400 g/mol. The fourth-order valence-corrected chi connectivity index (χ4v) is 6.45. The lowest BCUT2D eigenvalue weighted by atomic mass is 9.81. The zero-order valence-corrected chi connectivity index (χ0v) is 18.4. The average Bonchev–Trinajstić information content (AvgIpc) is 2.92. The number of pyridine rings is 1. The van der Waals surface area contributed by atoms with E-state index in [-0.39, 0.29) is 11.0 Å². The van der Waals surface area contributed by atoms with Crippen molar-refractivity contribution < 1.29 is 4.57 Å². The molecular weight excluding hydrogens is 374 g/mol. The average molecular weight is 401 g/mol. The number of fused-ring (bicyclic) bond motifs is 6. The van der Waals surface area contributed by atoms with Gasteiger partial charge in [-0.2, -0.15) is 4.57 Å². The molecule has 4 heterocycles. The number of aromatic nitrogens is 1. The number of benzene rings is 3. The Kier molecular flexibility index (Phi) is 3.12. The summed E-state index contributed by atoms with van der Waals surface area (Å²) in [6.45, 7) is 7.08. The van der Waals surface area contributed by atoms with Gasteiger partial charge in [0.1, 0.15) is 0 Å². The lowest BCUT2D eigenvalue weighted by molar-refractivity contribution is -0.719. The highest BCUT2D eigenvalue weighted by atomic mass is 15.1. The maximum Gasteiger partial charge on any atom is 0.214 e. The molecular formula is C30H26N+. The number of nitrogens with zero attached hydrogens (tertiary/aromatic N) is 1. The summed E-state index contributed by atoms with van der Waals surface area (Å²) < 4.78 is 2.64.